The van der Waals surface area contributed by atoms with Gasteiger partial charge < -0.3 is 15.1 Å². The molecule has 6 heteroatoms. The summed E-state index contributed by atoms with van der Waals surface area (Å²) in [7, 11) is 0. The Hall–Kier alpha value is -2.63. The van der Waals surface area contributed by atoms with Gasteiger partial charge in [-0.3, -0.25) is 4.79 Å². The average Bonchev–Trinajstić information content (AvgIpc) is 3.23. The number of hydrogen-bond donors (Lipinski definition) is 1. The van der Waals surface area contributed by atoms with E-state index in [0.717, 1.165) is 44.7 Å². The molecule has 1 saturated heterocycles. The molecule has 27 heavy (non-hydrogen) atoms. The first-order chi connectivity index (χ1) is 13.2. The van der Waals surface area contributed by atoms with E-state index < -0.39 is 0 Å². The molecule has 0 atom stereocenters. The van der Waals surface area contributed by atoms with Gasteiger partial charge in [-0.05, 0) is 56.0 Å². The third-order valence-electron chi connectivity index (χ3n) is 4.74. The van der Waals surface area contributed by atoms with Crippen molar-refractivity contribution >= 4 is 23.2 Å². The molecule has 0 aliphatic carbocycles. The molecule has 1 N–H and O–H groups in total. The molecule has 1 aromatic carbocycles. The van der Waals surface area contributed by atoms with Crippen LogP contribution >= 0.6 is 0 Å². The summed E-state index contributed by atoms with van der Waals surface area (Å²) in [6.07, 6.45) is 6.04. The van der Waals surface area contributed by atoms with Gasteiger partial charge in [0, 0.05) is 43.8 Å². The van der Waals surface area contributed by atoms with Crippen LogP contribution in [-0.4, -0.2) is 47.0 Å². The van der Waals surface area contributed by atoms with Crippen LogP contribution in [0.4, 0.5) is 17.3 Å². The zero-order valence-corrected chi connectivity index (χ0v) is 16.3. The van der Waals surface area contributed by atoms with Crippen LogP contribution in [0.15, 0.2) is 36.5 Å². The molecular weight excluding hydrogens is 338 g/mol. The Morgan fingerprint density at radius 3 is 2.37 bits per heavy atom. The predicted octanol–water partition coefficient (Wildman–Crippen LogP) is 4.08. The number of hydrogen-bond acceptors (Lipinski definition) is 5. The molecular formula is C21H29N5O. The zero-order valence-electron chi connectivity index (χ0n) is 16.3. The van der Waals surface area contributed by atoms with Crippen LogP contribution in [0.3, 0.4) is 0 Å². The second kappa shape index (κ2) is 9.35. The van der Waals surface area contributed by atoms with Gasteiger partial charge in [-0.25, -0.2) is 9.97 Å². The molecule has 1 amide bonds. The summed E-state index contributed by atoms with van der Waals surface area (Å²) in [4.78, 5) is 25.7. The molecule has 0 spiro atoms. The number of rotatable bonds is 8. The lowest BCUT2D eigenvalue weighted by Crippen LogP contribution is -2.33. The van der Waals surface area contributed by atoms with Gasteiger partial charge in [0.05, 0.1) is 0 Å². The first-order valence-corrected chi connectivity index (χ1v) is 9.95. The van der Waals surface area contributed by atoms with Gasteiger partial charge in [-0.2, -0.15) is 0 Å². The highest BCUT2D eigenvalue weighted by molar-refractivity contribution is 5.92. The third-order valence-corrected chi connectivity index (χ3v) is 4.74. The van der Waals surface area contributed by atoms with Gasteiger partial charge in [0.1, 0.15) is 5.69 Å². The lowest BCUT2D eigenvalue weighted by Gasteiger charge is -2.21. The first-order valence-electron chi connectivity index (χ1n) is 9.95. The van der Waals surface area contributed by atoms with E-state index in [1.807, 2.05) is 17.0 Å². The molecule has 2 aromatic rings. The molecule has 3 rings (SSSR count). The molecule has 1 aliphatic rings. The molecule has 0 bridgehead atoms. The highest BCUT2D eigenvalue weighted by Gasteiger charge is 2.16. The van der Waals surface area contributed by atoms with Gasteiger partial charge in [0.15, 0.2) is 0 Å². The molecule has 6 nitrogen and oxygen atoms in total. The van der Waals surface area contributed by atoms with Crippen molar-refractivity contribution in [2.75, 3.05) is 36.4 Å². The fraction of sp³-hybridized carbons (Fsp3) is 0.476. The lowest BCUT2D eigenvalue weighted by molar-refractivity contribution is 0.0749. The fourth-order valence-corrected chi connectivity index (χ4v) is 3.41. The van der Waals surface area contributed by atoms with Crippen molar-refractivity contribution in [3.8, 4) is 0 Å². The van der Waals surface area contributed by atoms with E-state index in [1.165, 1.54) is 18.5 Å². The maximum absolute atomic E-state index is 12.7. The topological polar surface area (TPSA) is 61.4 Å². The van der Waals surface area contributed by atoms with Crippen molar-refractivity contribution in [1.82, 2.24) is 14.9 Å². The molecule has 0 unspecified atom stereocenters. The van der Waals surface area contributed by atoms with E-state index in [-0.39, 0.29) is 5.91 Å². The highest BCUT2D eigenvalue weighted by atomic mass is 16.2. The minimum absolute atomic E-state index is 0.0338. The standard InChI is InChI=1S/C21H29N5O/c1-3-13-26(14-4-2)20(27)19-11-12-22-21(24-19)23-17-7-9-18(10-8-17)25-15-5-6-16-25/h7-12H,3-6,13-16H2,1-2H3,(H,22,23,24). The van der Waals surface area contributed by atoms with Crippen molar-refractivity contribution in [1.29, 1.82) is 0 Å². The van der Waals surface area contributed by atoms with Crippen LogP contribution in [0.2, 0.25) is 0 Å². The van der Waals surface area contributed by atoms with E-state index in [2.05, 4.69) is 46.2 Å². The molecule has 2 heterocycles. The summed E-state index contributed by atoms with van der Waals surface area (Å²) in [5.41, 5.74) is 2.60. The summed E-state index contributed by atoms with van der Waals surface area (Å²) < 4.78 is 0. The molecule has 0 saturated carbocycles. The number of carbonyl (C=O) groups excluding carboxylic acids is 1. The molecule has 144 valence electrons. The maximum atomic E-state index is 12.7. The monoisotopic (exact) mass is 367 g/mol. The number of aromatic nitrogens is 2. The minimum Gasteiger partial charge on any atom is -0.372 e. The number of amides is 1. The van der Waals surface area contributed by atoms with Gasteiger partial charge in [-0.15, -0.1) is 0 Å². The van der Waals surface area contributed by atoms with Gasteiger partial charge in [-0.1, -0.05) is 13.8 Å². The van der Waals surface area contributed by atoms with Crippen molar-refractivity contribution in [3.05, 3.63) is 42.2 Å². The second-order valence-electron chi connectivity index (χ2n) is 6.92. The Morgan fingerprint density at radius 2 is 1.74 bits per heavy atom. The summed E-state index contributed by atoms with van der Waals surface area (Å²) in [5.74, 6) is 0.413. The van der Waals surface area contributed by atoms with Crippen molar-refractivity contribution in [2.24, 2.45) is 0 Å². The third kappa shape index (κ3) is 4.96. The van der Waals surface area contributed by atoms with Crippen molar-refractivity contribution in [2.45, 2.75) is 39.5 Å². The number of anilines is 3. The Balaban J connectivity index is 1.68. The maximum Gasteiger partial charge on any atom is 0.272 e. The summed E-state index contributed by atoms with van der Waals surface area (Å²) >= 11 is 0. The van der Waals surface area contributed by atoms with Crippen LogP contribution in [0.5, 0.6) is 0 Å². The summed E-state index contributed by atoms with van der Waals surface area (Å²) in [6.45, 7) is 7.91. The minimum atomic E-state index is -0.0338. The van der Waals surface area contributed by atoms with Crippen LogP contribution in [-0.2, 0) is 0 Å². The second-order valence-corrected chi connectivity index (χ2v) is 6.92. The Labute approximate surface area is 161 Å². The number of nitrogens with zero attached hydrogens (tertiary/aromatic N) is 4. The Kier molecular flexibility index (Phi) is 6.63. The molecule has 0 radical (unpaired) electrons. The van der Waals surface area contributed by atoms with Gasteiger partial charge in [0.25, 0.3) is 5.91 Å². The summed E-state index contributed by atoms with van der Waals surface area (Å²) in [6, 6.07) is 9.99. The number of benzene rings is 1. The predicted molar refractivity (Wildman–Crippen MR) is 110 cm³/mol. The van der Waals surface area contributed by atoms with Gasteiger partial charge in [0.2, 0.25) is 5.95 Å². The van der Waals surface area contributed by atoms with E-state index in [4.69, 9.17) is 0 Å². The van der Waals surface area contributed by atoms with Crippen molar-refractivity contribution < 1.29 is 4.79 Å². The lowest BCUT2D eigenvalue weighted by atomic mass is 10.2. The van der Waals surface area contributed by atoms with E-state index >= 15 is 0 Å². The average molecular weight is 367 g/mol. The smallest absolute Gasteiger partial charge is 0.272 e. The SMILES string of the molecule is CCCN(CCC)C(=O)c1ccnc(Nc2ccc(N3CCCC3)cc2)n1. The normalized spacial score (nSPS) is 13.6. The number of nitrogens with one attached hydrogen (secondary N) is 1. The highest BCUT2D eigenvalue weighted by Crippen LogP contribution is 2.23. The summed E-state index contributed by atoms with van der Waals surface area (Å²) in [5, 5.41) is 3.21. The van der Waals surface area contributed by atoms with E-state index in [1.54, 1.807) is 12.3 Å². The zero-order chi connectivity index (χ0) is 19.1. The first kappa shape index (κ1) is 19.1. The molecule has 1 fully saturated rings. The van der Waals surface area contributed by atoms with Gasteiger partial charge >= 0.3 is 0 Å². The van der Waals surface area contributed by atoms with E-state index in [0.29, 0.717) is 11.6 Å². The van der Waals surface area contributed by atoms with Crippen molar-refractivity contribution in [3.63, 3.8) is 0 Å². The molecule has 1 aliphatic heterocycles. The largest absolute Gasteiger partial charge is 0.372 e. The van der Waals surface area contributed by atoms with Crippen LogP contribution in [0, 0.1) is 0 Å². The molecule has 1 aromatic heterocycles. The Bertz CT molecular complexity index is 734. The fourth-order valence-electron chi connectivity index (χ4n) is 3.41. The van der Waals surface area contributed by atoms with Crippen LogP contribution in [0.25, 0.3) is 0 Å². The quantitative estimate of drug-likeness (QED) is 0.762. The Morgan fingerprint density at radius 1 is 1.07 bits per heavy atom. The van der Waals surface area contributed by atoms with E-state index in [9.17, 15) is 4.79 Å². The number of carbonyl (C=O) groups is 1. The van der Waals surface area contributed by atoms with Crippen LogP contribution < -0.4 is 10.2 Å². The van der Waals surface area contributed by atoms with Crippen LogP contribution in [0.1, 0.15) is 50.0 Å².